The molecule has 0 aliphatic carbocycles. The number of rotatable bonds is 5. The van der Waals surface area contributed by atoms with Crippen molar-refractivity contribution in [1.29, 1.82) is 0 Å². The maximum absolute atomic E-state index is 13.1. The molecule has 2 aliphatic heterocycles. The number of piperidine rings is 1. The fourth-order valence-electron chi connectivity index (χ4n) is 4.22. The lowest BCUT2D eigenvalue weighted by Gasteiger charge is -2.36. The number of hydrogen-bond donors (Lipinski definition) is 0. The van der Waals surface area contributed by atoms with Gasteiger partial charge in [0, 0.05) is 45.5 Å². The highest BCUT2D eigenvalue weighted by atomic mass is 32.2. The van der Waals surface area contributed by atoms with E-state index in [0.717, 1.165) is 25.1 Å². The highest BCUT2D eigenvalue weighted by Crippen LogP contribution is 2.28. The molecule has 0 saturated carbocycles. The lowest BCUT2D eigenvalue weighted by Crippen LogP contribution is -2.48. The predicted octanol–water partition coefficient (Wildman–Crippen LogP) is 2.94. The number of nitrogens with zero attached hydrogens (tertiary/aromatic N) is 3. The number of benzene rings is 1. The summed E-state index contributed by atoms with van der Waals surface area (Å²) in [6.07, 6.45) is 3.53. The second kappa shape index (κ2) is 7.64. The van der Waals surface area contributed by atoms with Crippen LogP contribution in [0.4, 0.5) is 5.69 Å². The largest absolute Gasteiger partial charge is 0.371 e. The molecule has 2 atom stereocenters. The molecule has 2 fully saturated rings. The molecular weight excluding hydrogens is 334 g/mol. The molecule has 2 unspecified atom stereocenters. The Labute approximate surface area is 152 Å². The molecule has 2 aliphatic rings. The van der Waals surface area contributed by atoms with Crippen LogP contribution in [0, 0.1) is 11.8 Å². The molecular formula is C19H31N3O2S. The van der Waals surface area contributed by atoms with Crippen LogP contribution in [-0.2, 0) is 16.8 Å². The third-order valence-electron chi connectivity index (χ3n) is 5.39. The van der Waals surface area contributed by atoms with Gasteiger partial charge in [-0.05, 0) is 42.7 Å². The quantitative estimate of drug-likeness (QED) is 0.806. The van der Waals surface area contributed by atoms with Gasteiger partial charge in [-0.15, -0.1) is 0 Å². The van der Waals surface area contributed by atoms with E-state index in [4.69, 9.17) is 0 Å². The number of para-hydroxylation sites is 1. The molecule has 3 rings (SSSR count). The molecule has 0 amide bonds. The van der Waals surface area contributed by atoms with Crippen molar-refractivity contribution < 1.29 is 8.42 Å². The van der Waals surface area contributed by atoms with E-state index in [1.807, 2.05) is 12.1 Å². The van der Waals surface area contributed by atoms with Crippen molar-refractivity contribution in [3.8, 4) is 0 Å². The summed E-state index contributed by atoms with van der Waals surface area (Å²) in [6, 6.07) is 8.22. The first-order valence-corrected chi connectivity index (χ1v) is 10.8. The number of anilines is 1. The van der Waals surface area contributed by atoms with Crippen LogP contribution in [0.25, 0.3) is 0 Å². The fourth-order valence-corrected chi connectivity index (χ4v) is 5.81. The normalized spacial score (nSPS) is 25.7. The summed E-state index contributed by atoms with van der Waals surface area (Å²) in [5, 5.41) is 0. The molecule has 5 nitrogen and oxygen atoms in total. The molecule has 6 heteroatoms. The first-order chi connectivity index (χ1) is 11.9. The summed E-state index contributed by atoms with van der Waals surface area (Å²) in [5.74, 6) is 0.840. The van der Waals surface area contributed by atoms with Gasteiger partial charge in [-0.1, -0.05) is 32.0 Å². The van der Waals surface area contributed by atoms with Gasteiger partial charge in [-0.3, -0.25) is 0 Å². The summed E-state index contributed by atoms with van der Waals surface area (Å²) >= 11 is 0. The van der Waals surface area contributed by atoms with Crippen molar-refractivity contribution in [2.75, 3.05) is 38.1 Å². The van der Waals surface area contributed by atoms with E-state index in [1.165, 1.54) is 22.8 Å². The van der Waals surface area contributed by atoms with E-state index in [0.29, 0.717) is 31.5 Å². The molecule has 140 valence electrons. The Morgan fingerprint density at radius 2 is 1.68 bits per heavy atom. The first-order valence-electron chi connectivity index (χ1n) is 9.42. The van der Waals surface area contributed by atoms with Crippen molar-refractivity contribution >= 4 is 15.9 Å². The SMILES string of the molecule is CC1CC(C)CN(S(=O)(=O)N(C)Cc2ccccc2N2CCCC2)C1. The monoisotopic (exact) mass is 365 g/mol. The standard InChI is InChI=1S/C19H31N3O2S/c1-16-12-17(2)14-22(13-16)25(23,24)20(3)15-18-8-4-5-9-19(18)21-10-6-7-11-21/h4-5,8-9,16-17H,6-7,10-15H2,1-3H3. The zero-order chi connectivity index (χ0) is 18.0. The Kier molecular flexibility index (Phi) is 5.71. The van der Waals surface area contributed by atoms with Gasteiger partial charge in [0.2, 0.25) is 0 Å². The Morgan fingerprint density at radius 3 is 2.32 bits per heavy atom. The molecule has 0 N–H and O–H groups in total. The van der Waals surface area contributed by atoms with E-state index in [-0.39, 0.29) is 0 Å². The average molecular weight is 366 g/mol. The van der Waals surface area contributed by atoms with Gasteiger partial charge in [0.25, 0.3) is 10.2 Å². The average Bonchev–Trinajstić information content (AvgIpc) is 3.08. The molecule has 2 saturated heterocycles. The van der Waals surface area contributed by atoms with E-state index < -0.39 is 10.2 Å². The Hall–Kier alpha value is -1.11. The molecule has 0 aromatic heterocycles. The van der Waals surface area contributed by atoms with Gasteiger partial charge in [0.15, 0.2) is 0 Å². The van der Waals surface area contributed by atoms with Gasteiger partial charge < -0.3 is 4.90 Å². The maximum atomic E-state index is 13.1. The van der Waals surface area contributed by atoms with Crippen molar-refractivity contribution in [1.82, 2.24) is 8.61 Å². The summed E-state index contributed by atoms with van der Waals surface area (Å²) in [6.45, 7) is 8.09. The fraction of sp³-hybridized carbons (Fsp3) is 0.684. The zero-order valence-electron chi connectivity index (χ0n) is 15.7. The molecule has 0 bridgehead atoms. The van der Waals surface area contributed by atoms with Crippen LogP contribution in [0.2, 0.25) is 0 Å². The number of hydrogen-bond acceptors (Lipinski definition) is 3. The van der Waals surface area contributed by atoms with Crippen LogP contribution >= 0.6 is 0 Å². The minimum absolute atomic E-state index is 0.420. The minimum atomic E-state index is -3.42. The van der Waals surface area contributed by atoms with E-state index in [2.05, 4.69) is 30.9 Å². The summed E-state index contributed by atoms with van der Waals surface area (Å²) in [5.41, 5.74) is 2.27. The Balaban J connectivity index is 1.76. The summed E-state index contributed by atoms with van der Waals surface area (Å²) in [7, 11) is -1.71. The minimum Gasteiger partial charge on any atom is -0.371 e. The summed E-state index contributed by atoms with van der Waals surface area (Å²) < 4.78 is 29.3. The zero-order valence-corrected chi connectivity index (χ0v) is 16.5. The van der Waals surface area contributed by atoms with E-state index in [1.54, 1.807) is 11.4 Å². The van der Waals surface area contributed by atoms with Gasteiger partial charge in [-0.2, -0.15) is 17.0 Å². The highest BCUT2D eigenvalue weighted by Gasteiger charge is 2.33. The van der Waals surface area contributed by atoms with Crippen LogP contribution < -0.4 is 4.90 Å². The van der Waals surface area contributed by atoms with E-state index in [9.17, 15) is 8.42 Å². The third kappa shape index (κ3) is 4.18. The molecule has 1 aromatic rings. The van der Waals surface area contributed by atoms with Crippen molar-refractivity contribution in [3.63, 3.8) is 0 Å². The topological polar surface area (TPSA) is 43.9 Å². The molecule has 0 spiro atoms. The van der Waals surface area contributed by atoms with Gasteiger partial charge in [0.1, 0.15) is 0 Å². The van der Waals surface area contributed by atoms with Crippen LogP contribution in [0.1, 0.15) is 38.7 Å². The van der Waals surface area contributed by atoms with Gasteiger partial charge in [0.05, 0.1) is 0 Å². The van der Waals surface area contributed by atoms with Crippen molar-refractivity contribution in [2.24, 2.45) is 11.8 Å². The molecule has 0 radical (unpaired) electrons. The van der Waals surface area contributed by atoms with Crippen LogP contribution in [0.5, 0.6) is 0 Å². The molecule has 2 heterocycles. The third-order valence-corrected chi connectivity index (χ3v) is 7.25. The summed E-state index contributed by atoms with van der Waals surface area (Å²) in [4.78, 5) is 2.38. The van der Waals surface area contributed by atoms with Gasteiger partial charge in [-0.25, -0.2) is 0 Å². The smallest absolute Gasteiger partial charge is 0.282 e. The molecule has 1 aromatic carbocycles. The second-order valence-electron chi connectivity index (χ2n) is 7.85. The van der Waals surface area contributed by atoms with E-state index >= 15 is 0 Å². The highest BCUT2D eigenvalue weighted by molar-refractivity contribution is 7.86. The van der Waals surface area contributed by atoms with Crippen LogP contribution in [0.15, 0.2) is 24.3 Å². The van der Waals surface area contributed by atoms with Crippen molar-refractivity contribution in [3.05, 3.63) is 29.8 Å². The van der Waals surface area contributed by atoms with Crippen LogP contribution in [-0.4, -0.2) is 50.3 Å². The van der Waals surface area contributed by atoms with Crippen molar-refractivity contribution in [2.45, 2.75) is 39.7 Å². The molecule has 25 heavy (non-hydrogen) atoms. The Bertz CT molecular complexity index is 676. The van der Waals surface area contributed by atoms with Crippen LogP contribution in [0.3, 0.4) is 0 Å². The lowest BCUT2D eigenvalue weighted by molar-refractivity contribution is 0.211. The second-order valence-corrected chi connectivity index (χ2v) is 9.89. The van der Waals surface area contributed by atoms with Gasteiger partial charge >= 0.3 is 0 Å². The maximum Gasteiger partial charge on any atom is 0.282 e. The predicted molar refractivity (Wildman–Crippen MR) is 103 cm³/mol. The Morgan fingerprint density at radius 1 is 1.08 bits per heavy atom. The first kappa shape index (κ1) is 18.7. The lowest BCUT2D eigenvalue weighted by atomic mass is 9.94.